The van der Waals surface area contributed by atoms with E-state index < -0.39 is 0 Å². The molecule has 0 atom stereocenters. The molecule has 1 aliphatic rings. The number of hydrogen-bond donors (Lipinski definition) is 0. The van der Waals surface area contributed by atoms with Gasteiger partial charge in [0, 0.05) is 24.7 Å². The molecule has 1 fully saturated rings. The van der Waals surface area contributed by atoms with E-state index >= 15 is 0 Å². The van der Waals surface area contributed by atoms with Gasteiger partial charge >= 0.3 is 0 Å². The summed E-state index contributed by atoms with van der Waals surface area (Å²) in [5, 5.41) is 19.5. The zero-order valence-electron chi connectivity index (χ0n) is 11.5. The maximum absolute atomic E-state index is 10.6. The van der Waals surface area contributed by atoms with Crippen LogP contribution < -0.4 is 0 Å². The lowest BCUT2D eigenvalue weighted by Crippen LogP contribution is -2.35. The van der Waals surface area contributed by atoms with Gasteiger partial charge in [0.1, 0.15) is 0 Å². The van der Waals surface area contributed by atoms with Crippen LogP contribution in [0.4, 0.5) is 5.69 Å². The number of rotatable bonds is 6. The molecule has 0 radical (unpaired) electrons. The van der Waals surface area contributed by atoms with Crippen molar-refractivity contribution in [3.05, 3.63) is 39.9 Å². The first-order chi connectivity index (χ1) is 9.70. The second-order valence-corrected chi connectivity index (χ2v) is 5.24. The van der Waals surface area contributed by atoms with E-state index in [1.807, 2.05) is 0 Å². The summed E-state index contributed by atoms with van der Waals surface area (Å²) in [6.45, 7) is 1.31. The highest BCUT2D eigenvalue weighted by Gasteiger charge is 2.21. The molecule has 5 heteroatoms. The minimum Gasteiger partial charge on any atom is -0.287 e. The SMILES string of the molecule is N#CCN(CCc1ccc([N+](=O)[O-])cc1)C1CCCC1. The number of nitrogens with zero attached hydrogens (tertiary/aromatic N) is 3. The molecule has 1 aliphatic carbocycles. The summed E-state index contributed by atoms with van der Waals surface area (Å²) >= 11 is 0. The summed E-state index contributed by atoms with van der Waals surface area (Å²) in [7, 11) is 0. The Labute approximate surface area is 119 Å². The molecule has 2 rings (SSSR count). The molecular weight excluding hydrogens is 254 g/mol. The first kappa shape index (κ1) is 14.5. The van der Waals surface area contributed by atoms with E-state index in [1.165, 1.54) is 25.7 Å². The van der Waals surface area contributed by atoms with E-state index in [-0.39, 0.29) is 10.6 Å². The molecule has 5 nitrogen and oxygen atoms in total. The molecule has 1 aromatic rings. The van der Waals surface area contributed by atoms with E-state index in [2.05, 4.69) is 11.0 Å². The lowest BCUT2D eigenvalue weighted by Gasteiger charge is -2.26. The maximum Gasteiger partial charge on any atom is 0.269 e. The number of hydrogen-bond acceptors (Lipinski definition) is 4. The Morgan fingerprint density at radius 2 is 1.95 bits per heavy atom. The third-order valence-corrected chi connectivity index (χ3v) is 3.95. The topological polar surface area (TPSA) is 70.2 Å². The first-order valence-corrected chi connectivity index (χ1v) is 7.05. The summed E-state index contributed by atoms with van der Waals surface area (Å²) in [6, 6.07) is 9.46. The van der Waals surface area contributed by atoms with Crippen molar-refractivity contribution >= 4 is 5.69 Å². The van der Waals surface area contributed by atoms with Gasteiger partial charge in [-0.2, -0.15) is 5.26 Å². The van der Waals surface area contributed by atoms with Crippen molar-refractivity contribution in [2.24, 2.45) is 0 Å². The Balaban J connectivity index is 1.91. The molecule has 106 valence electrons. The van der Waals surface area contributed by atoms with Gasteiger partial charge in [-0.1, -0.05) is 25.0 Å². The fourth-order valence-corrected chi connectivity index (χ4v) is 2.81. The molecule has 0 spiro atoms. The van der Waals surface area contributed by atoms with Gasteiger partial charge in [0.2, 0.25) is 0 Å². The maximum atomic E-state index is 10.6. The Kier molecular flexibility index (Phi) is 5.08. The summed E-state index contributed by atoms with van der Waals surface area (Å²) in [5.41, 5.74) is 1.20. The van der Waals surface area contributed by atoms with Gasteiger partial charge in [0.05, 0.1) is 17.5 Å². The van der Waals surface area contributed by atoms with Crippen molar-refractivity contribution in [1.29, 1.82) is 5.26 Å². The van der Waals surface area contributed by atoms with E-state index in [0.717, 1.165) is 18.5 Å². The second kappa shape index (κ2) is 7.01. The number of nitro benzene ring substituents is 1. The monoisotopic (exact) mass is 273 g/mol. The van der Waals surface area contributed by atoms with Crippen LogP contribution in [0, 0.1) is 21.4 Å². The molecular formula is C15H19N3O2. The van der Waals surface area contributed by atoms with Crippen LogP contribution in [0.2, 0.25) is 0 Å². The Morgan fingerprint density at radius 3 is 2.50 bits per heavy atom. The number of benzene rings is 1. The minimum atomic E-state index is -0.385. The van der Waals surface area contributed by atoms with E-state index in [1.54, 1.807) is 24.3 Å². The van der Waals surface area contributed by atoms with Gasteiger partial charge in [-0.25, -0.2) is 0 Å². The fraction of sp³-hybridized carbons (Fsp3) is 0.533. The molecule has 20 heavy (non-hydrogen) atoms. The van der Waals surface area contributed by atoms with Gasteiger partial charge in [0.15, 0.2) is 0 Å². The second-order valence-electron chi connectivity index (χ2n) is 5.24. The fourth-order valence-electron chi connectivity index (χ4n) is 2.81. The van der Waals surface area contributed by atoms with E-state index in [0.29, 0.717) is 12.6 Å². The highest BCUT2D eigenvalue weighted by molar-refractivity contribution is 5.32. The minimum absolute atomic E-state index is 0.124. The standard InChI is InChI=1S/C15H19N3O2/c16-10-12-17(14-3-1-2-4-14)11-9-13-5-7-15(8-6-13)18(19)20/h5-8,14H,1-4,9,11-12H2. The van der Waals surface area contributed by atoms with Gasteiger partial charge < -0.3 is 0 Å². The smallest absolute Gasteiger partial charge is 0.269 e. The van der Waals surface area contributed by atoms with Crippen LogP contribution in [0.1, 0.15) is 31.2 Å². The third-order valence-electron chi connectivity index (χ3n) is 3.95. The lowest BCUT2D eigenvalue weighted by atomic mass is 10.1. The molecule has 0 saturated heterocycles. The van der Waals surface area contributed by atoms with Crippen molar-refractivity contribution in [2.45, 2.75) is 38.1 Å². The molecule has 0 amide bonds. The van der Waals surface area contributed by atoms with Crippen LogP contribution in [0.3, 0.4) is 0 Å². The zero-order chi connectivity index (χ0) is 14.4. The van der Waals surface area contributed by atoms with Crippen LogP contribution in [0.5, 0.6) is 0 Å². The normalized spacial score (nSPS) is 15.4. The molecule has 0 aliphatic heterocycles. The lowest BCUT2D eigenvalue weighted by molar-refractivity contribution is -0.384. The number of nitro groups is 1. The van der Waals surface area contributed by atoms with Gasteiger partial charge in [-0.3, -0.25) is 15.0 Å². The summed E-state index contributed by atoms with van der Waals surface area (Å²) in [6.07, 6.45) is 5.70. The summed E-state index contributed by atoms with van der Waals surface area (Å²) in [4.78, 5) is 12.5. The Bertz CT molecular complexity index is 487. The quantitative estimate of drug-likeness (QED) is 0.454. The van der Waals surface area contributed by atoms with E-state index in [4.69, 9.17) is 5.26 Å². The van der Waals surface area contributed by atoms with Crippen molar-refractivity contribution in [2.75, 3.05) is 13.1 Å². The molecule has 1 saturated carbocycles. The molecule has 0 unspecified atom stereocenters. The van der Waals surface area contributed by atoms with Crippen molar-refractivity contribution in [3.8, 4) is 6.07 Å². The van der Waals surface area contributed by atoms with Crippen molar-refractivity contribution in [3.63, 3.8) is 0 Å². The average molecular weight is 273 g/mol. The highest BCUT2D eigenvalue weighted by atomic mass is 16.6. The number of non-ortho nitro benzene ring substituents is 1. The Morgan fingerprint density at radius 1 is 1.30 bits per heavy atom. The highest BCUT2D eigenvalue weighted by Crippen LogP contribution is 2.23. The zero-order valence-corrected chi connectivity index (χ0v) is 11.5. The largest absolute Gasteiger partial charge is 0.287 e. The predicted molar refractivity (Wildman–Crippen MR) is 76.2 cm³/mol. The molecule has 0 N–H and O–H groups in total. The van der Waals surface area contributed by atoms with Crippen molar-refractivity contribution in [1.82, 2.24) is 4.90 Å². The van der Waals surface area contributed by atoms with Crippen LogP contribution >= 0.6 is 0 Å². The van der Waals surface area contributed by atoms with E-state index in [9.17, 15) is 10.1 Å². The summed E-state index contributed by atoms with van der Waals surface area (Å²) in [5.74, 6) is 0. The van der Waals surface area contributed by atoms with Crippen LogP contribution in [0.15, 0.2) is 24.3 Å². The third kappa shape index (κ3) is 3.78. The molecule has 0 bridgehead atoms. The van der Waals surface area contributed by atoms with Crippen LogP contribution in [-0.4, -0.2) is 29.0 Å². The predicted octanol–water partition coefficient (Wildman–Crippen LogP) is 2.91. The van der Waals surface area contributed by atoms with Gasteiger partial charge in [-0.15, -0.1) is 0 Å². The Hall–Kier alpha value is -1.93. The van der Waals surface area contributed by atoms with Crippen LogP contribution in [-0.2, 0) is 6.42 Å². The van der Waals surface area contributed by atoms with Crippen molar-refractivity contribution < 1.29 is 4.92 Å². The van der Waals surface area contributed by atoms with Gasteiger partial charge in [0.25, 0.3) is 5.69 Å². The molecule has 1 aromatic carbocycles. The van der Waals surface area contributed by atoms with Crippen LogP contribution in [0.25, 0.3) is 0 Å². The number of nitriles is 1. The summed E-state index contributed by atoms with van der Waals surface area (Å²) < 4.78 is 0. The molecule has 0 aromatic heterocycles. The average Bonchev–Trinajstić information content (AvgIpc) is 2.98. The molecule has 0 heterocycles. The van der Waals surface area contributed by atoms with Gasteiger partial charge in [-0.05, 0) is 24.8 Å². The first-order valence-electron chi connectivity index (χ1n) is 7.05.